The van der Waals surface area contributed by atoms with Crippen LogP contribution in [0, 0.1) is 10.1 Å². The number of hydrogen-bond donors (Lipinski definition) is 2. The third-order valence-corrected chi connectivity index (χ3v) is 3.57. The molecule has 0 radical (unpaired) electrons. The number of nitro groups is 1. The maximum absolute atomic E-state index is 11.8. The van der Waals surface area contributed by atoms with Crippen LogP contribution in [-0.2, 0) is 6.54 Å². The normalized spacial score (nSPS) is 10.2. The summed E-state index contributed by atoms with van der Waals surface area (Å²) in [5.74, 6) is -0.826. The highest BCUT2D eigenvalue weighted by Crippen LogP contribution is 2.26. The second-order valence-corrected chi connectivity index (χ2v) is 5.60. The summed E-state index contributed by atoms with van der Waals surface area (Å²) in [5, 5.41) is 14.1. The zero-order valence-electron chi connectivity index (χ0n) is 13.9. The minimum atomic E-state index is -0.726. The van der Waals surface area contributed by atoms with Crippen LogP contribution < -0.4 is 11.1 Å². The van der Waals surface area contributed by atoms with Gasteiger partial charge in [-0.3, -0.25) is 19.7 Å². The van der Waals surface area contributed by atoms with Gasteiger partial charge in [0.1, 0.15) is 5.69 Å². The number of nitrogens with two attached hydrogens (primary N) is 1. The highest BCUT2D eigenvalue weighted by Gasteiger charge is 2.16. The van der Waals surface area contributed by atoms with Crippen molar-refractivity contribution in [2.75, 3.05) is 19.4 Å². The molecule has 0 bridgehead atoms. The Morgan fingerprint density at radius 2 is 1.72 bits per heavy atom. The number of carbonyl (C=O) groups excluding carboxylic acids is 2. The molecule has 2 aromatic rings. The molecule has 0 aliphatic heterocycles. The Morgan fingerprint density at radius 1 is 1.12 bits per heavy atom. The fourth-order valence-corrected chi connectivity index (χ4v) is 2.21. The van der Waals surface area contributed by atoms with Gasteiger partial charge in [-0.25, -0.2) is 0 Å². The third-order valence-electron chi connectivity index (χ3n) is 3.57. The number of rotatable bonds is 6. The van der Waals surface area contributed by atoms with Crippen molar-refractivity contribution in [3.05, 3.63) is 69.3 Å². The molecule has 0 fully saturated rings. The lowest BCUT2D eigenvalue weighted by atomic mass is 10.1. The van der Waals surface area contributed by atoms with E-state index in [0.29, 0.717) is 12.1 Å². The quantitative estimate of drug-likeness (QED) is 0.615. The number of carbonyl (C=O) groups is 2. The van der Waals surface area contributed by atoms with E-state index < -0.39 is 10.8 Å². The number of hydrogen-bond acceptors (Lipinski definition) is 5. The van der Waals surface area contributed by atoms with Gasteiger partial charge in [-0.2, -0.15) is 0 Å². The Bertz CT molecular complexity index is 816. The summed E-state index contributed by atoms with van der Waals surface area (Å²) in [7, 11) is 3.35. The lowest BCUT2D eigenvalue weighted by Gasteiger charge is -2.11. The number of amides is 2. The van der Waals surface area contributed by atoms with Crippen molar-refractivity contribution in [1.82, 2.24) is 4.90 Å². The topological polar surface area (TPSA) is 119 Å². The number of nitro benzene ring substituents is 1. The first-order chi connectivity index (χ1) is 11.8. The third kappa shape index (κ3) is 4.31. The molecule has 130 valence electrons. The van der Waals surface area contributed by atoms with Gasteiger partial charge in [-0.05, 0) is 29.8 Å². The van der Waals surface area contributed by atoms with E-state index in [-0.39, 0.29) is 22.8 Å². The fourth-order valence-electron chi connectivity index (χ4n) is 2.21. The molecule has 8 heteroatoms. The number of benzene rings is 2. The molecule has 2 rings (SSSR count). The summed E-state index contributed by atoms with van der Waals surface area (Å²) >= 11 is 0. The highest BCUT2D eigenvalue weighted by molar-refractivity contribution is 5.94. The Morgan fingerprint density at radius 3 is 2.24 bits per heavy atom. The van der Waals surface area contributed by atoms with E-state index in [1.54, 1.807) is 38.4 Å². The van der Waals surface area contributed by atoms with Crippen LogP contribution in [0.1, 0.15) is 26.3 Å². The minimum Gasteiger partial charge on any atom is -0.375 e. The van der Waals surface area contributed by atoms with Crippen LogP contribution in [0.3, 0.4) is 0 Å². The maximum Gasteiger partial charge on any atom is 0.293 e. The summed E-state index contributed by atoms with van der Waals surface area (Å²) in [6, 6.07) is 11.0. The summed E-state index contributed by atoms with van der Waals surface area (Å²) in [6.45, 7) is 0.327. The first-order valence-corrected chi connectivity index (χ1v) is 7.42. The average Bonchev–Trinajstić information content (AvgIpc) is 2.59. The van der Waals surface area contributed by atoms with Gasteiger partial charge in [0.05, 0.1) is 4.92 Å². The molecule has 0 atom stereocenters. The van der Waals surface area contributed by atoms with Crippen molar-refractivity contribution in [3.63, 3.8) is 0 Å². The average molecular weight is 342 g/mol. The zero-order valence-corrected chi connectivity index (χ0v) is 13.9. The molecule has 8 nitrogen and oxygen atoms in total. The van der Waals surface area contributed by atoms with Gasteiger partial charge < -0.3 is 16.0 Å². The van der Waals surface area contributed by atoms with Gasteiger partial charge in [0.15, 0.2) is 0 Å². The maximum atomic E-state index is 11.8. The molecule has 0 saturated carbocycles. The fraction of sp³-hybridized carbons (Fsp3) is 0.176. The van der Waals surface area contributed by atoms with Crippen molar-refractivity contribution in [1.29, 1.82) is 0 Å². The molecule has 0 aliphatic rings. The van der Waals surface area contributed by atoms with Crippen LogP contribution in [0.2, 0.25) is 0 Å². The van der Waals surface area contributed by atoms with Gasteiger partial charge >= 0.3 is 0 Å². The van der Waals surface area contributed by atoms with Crippen LogP contribution in [-0.4, -0.2) is 35.7 Å². The first kappa shape index (κ1) is 17.9. The predicted octanol–water partition coefficient (Wildman–Crippen LogP) is 2.01. The van der Waals surface area contributed by atoms with Crippen LogP contribution in [0.4, 0.5) is 11.4 Å². The van der Waals surface area contributed by atoms with E-state index in [4.69, 9.17) is 5.73 Å². The van der Waals surface area contributed by atoms with Gasteiger partial charge in [-0.15, -0.1) is 0 Å². The van der Waals surface area contributed by atoms with Crippen LogP contribution in [0.25, 0.3) is 0 Å². The SMILES string of the molecule is CN(C)C(=O)c1ccc(CNc2ccc(C(N)=O)cc2[N+](=O)[O-])cc1. The number of nitrogens with one attached hydrogen (secondary N) is 1. The summed E-state index contributed by atoms with van der Waals surface area (Å²) in [5.41, 5.74) is 6.68. The van der Waals surface area contributed by atoms with Crippen molar-refractivity contribution in [2.24, 2.45) is 5.73 Å². The van der Waals surface area contributed by atoms with E-state index in [1.165, 1.54) is 17.0 Å². The van der Waals surface area contributed by atoms with E-state index in [2.05, 4.69) is 5.32 Å². The Hall–Kier alpha value is -3.42. The number of nitrogens with zero attached hydrogens (tertiary/aromatic N) is 2. The van der Waals surface area contributed by atoms with Crippen LogP contribution >= 0.6 is 0 Å². The second kappa shape index (κ2) is 7.43. The number of anilines is 1. The summed E-state index contributed by atoms with van der Waals surface area (Å²) < 4.78 is 0. The molecular weight excluding hydrogens is 324 g/mol. The Kier molecular flexibility index (Phi) is 5.33. The van der Waals surface area contributed by atoms with E-state index in [9.17, 15) is 19.7 Å². The van der Waals surface area contributed by atoms with Gasteiger partial charge in [0, 0.05) is 37.8 Å². The van der Waals surface area contributed by atoms with Gasteiger partial charge in [0.25, 0.3) is 11.6 Å². The van der Waals surface area contributed by atoms with Gasteiger partial charge in [0.2, 0.25) is 5.91 Å². The smallest absolute Gasteiger partial charge is 0.293 e. The molecule has 0 saturated heterocycles. The molecule has 2 aromatic carbocycles. The molecule has 3 N–H and O–H groups in total. The second-order valence-electron chi connectivity index (χ2n) is 5.60. The molecule has 2 amide bonds. The van der Waals surface area contributed by atoms with Crippen molar-refractivity contribution < 1.29 is 14.5 Å². The van der Waals surface area contributed by atoms with Crippen molar-refractivity contribution in [2.45, 2.75) is 6.54 Å². The van der Waals surface area contributed by atoms with Crippen LogP contribution in [0.15, 0.2) is 42.5 Å². The molecule has 0 heterocycles. The molecule has 25 heavy (non-hydrogen) atoms. The molecule has 0 aliphatic carbocycles. The standard InChI is InChI=1S/C17H18N4O4/c1-20(2)17(23)12-5-3-11(4-6-12)10-19-14-8-7-13(16(18)22)9-15(14)21(24)25/h3-9,19H,10H2,1-2H3,(H2,18,22). The van der Waals surface area contributed by atoms with E-state index in [1.807, 2.05) is 0 Å². The first-order valence-electron chi connectivity index (χ1n) is 7.42. The molecule has 0 spiro atoms. The lowest BCUT2D eigenvalue weighted by Crippen LogP contribution is -2.21. The molecular formula is C17H18N4O4. The van der Waals surface area contributed by atoms with Crippen LogP contribution in [0.5, 0.6) is 0 Å². The zero-order chi connectivity index (χ0) is 18.6. The largest absolute Gasteiger partial charge is 0.375 e. The molecule has 0 unspecified atom stereocenters. The summed E-state index contributed by atoms with van der Waals surface area (Å²) in [6.07, 6.45) is 0. The monoisotopic (exact) mass is 342 g/mol. The molecule has 0 aromatic heterocycles. The van der Waals surface area contributed by atoms with E-state index in [0.717, 1.165) is 11.6 Å². The predicted molar refractivity (Wildman–Crippen MR) is 93.4 cm³/mol. The van der Waals surface area contributed by atoms with Gasteiger partial charge in [-0.1, -0.05) is 12.1 Å². The minimum absolute atomic E-state index is 0.0730. The lowest BCUT2D eigenvalue weighted by molar-refractivity contribution is -0.384. The van der Waals surface area contributed by atoms with E-state index >= 15 is 0 Å². The Labute approximate surface area is 144 Å². The number of primary amides is 1. The summed E-state index contributed by atoms with van der Waals surface area (Å²) in [4.78, 5) is 35.1. The highest BCUT2D eigenvalue weighted by atomic mass is 16.6. The Balaban J connectivity index is 2.14. The van der Waals surface area contributed by atoms with Crippen molar-refractivity contribution in [3.8, 4) is 0 Å². The van der Waals surface area contributed by atoms with Crippen molar-refractivity contribution >= 4 is 23.2 Å².